The number of hydrogen-bond acceptors (Lipinski definition) is 5. The van der Waals surface area contributed by atoms with E-state index in [4.69, 9.17) is 4.74 Å². The maximum absolute atomic E-state index is 13.7. The summed E-state index contributed by atoms with van der Waals surface area (Å²) >= 11 is 0. The van der Waals surface area contributed by atoms with Gasteiger partial charge in [0.25, 0.3) is 11.5 Å². The first kappa shape index (κ1) is 26.5. The number of aromatic nitrogens is 2. The molecule has 202 valence electrons. The zero-order valence-electron chi connectivity index (χ0n) is 21.9. The molecule has 0 radical (unpaired) electrons. The Morgan fingerprint density at radius 3 is 2.77 bits per heavy atom. The van der Waals surface area contributed by atoms with Crippen molar-refractivity contribution in [1.29, 1.82) is 0 Å². The van der Waals surface area contributed by atoms with E-state index in [2.05, 4.69) is 22.2 Å². The van der Waals surface area contributed by atoms with Crippen LogP contribution in [0.4, 0.5) is 8.78 Å². The minimum atomic E-state index is -0.994. The number of ether oxygens (including phenoxy) is 1. The molecule has 0 saturated carbocycles. The van der Waals surface area contributed by atoms with Crippen LogP contribution >= 0.6 is 0 Å². The van der Waals surface area contributed by atoms with Gasteiger partial charge >= 0.3 is 0 Å². The zero-order chi connectivity index (χ0) is 27.5. The Bertz CT molecular complexity index is 1570. The molecule has 1 unspecified atom stereocenters. The van der Waals surface area contributed by atoms with Crippen molar-refractivity contribution < 1.29 is 18.3 Å². The van der Waals surface area contributed by atoms with Crippen LogP contribution in [0.3, 0.4) is 0 Å². The van der Waals surface area contributed by atoms with E-state index < -0.39 is 29.1 Å². The Morgan fingerprint density at radius 2 is 2.00 bits per heavy atom. The van der Waals surface area contributed by atoms with Crippen molar-refractivity contribution in [2.24, 2.45) is 5.92 Å². The van der Waals surface area contributed by atoms with Crippen LogP contribution in [-0.2, 0) is 6.54 Å². The number of nitrogens with zero attached hydrogens (tertiary/aromatic N) is 3. The summed E-state index contributed by atoms with van der Waals surface area (Å²) in [6.45, 7) is 4.60. The summed E-state index contributed by atoms with van der Waals surface area (Å²) in [4.78, 5) is 32.8. The molecule has 5 rings (SSSR count). The van der Waals surface area contributed by atoms with Crippen LogP contribution in [0, 0.1) is 17.6 Å². The summed E-state index contributed by atoms with van der Waals surface area (Å²) in [5.41, 5.74) is 1.48. The van der Waals surface area contributed by atoms with E-state index in [0.717, 1.165) is 53.9 Å². The third-order valence-electron chi connectivity index (χ3n) is 7.24. The molecule has 0 bridgehead atoms. The highest BCUT2D eigenvalue weighted by Crippen LogP contribution is 2.26. The molecule has 2 aromatic carbocycles. The predicted molar refractivity (Wildman–Crippen MR) is 145 cm³/mol. The third-order valence-corrected chi connectivity index (χ3v) is 7.24. The summed E-state index contributed by atoms with van der Waals surface area (Å²) in [7, 11) is 2.11. The molecule has 1 amide bonds. The Kier molecular flexibility index (Phi) is 7.70. The molecule has 1 fully saturated rings. The lowest BCUT2D eigenvalue weighted by molar-refractivity contribution is 0.0948. The van der Waals surface area contributed by atoms with Gasteiger partial charge in [-0.05, 0) is 80.5 Å². The second-order valence-corrected chi connectivity index (χ2v) is 10.1. The molecule has 1 saturated heterocycles. The monoisotopic (exact) mass is 532 g/mol. The van der Waals surface area contributed by atoms with Gasteiger partial charge in [0.2, 0.25) is 0 Å². The predicted octanol–water partition coefficient (Wildman–Crippen LogP) is 4.54. The van der Waals surface area contributed by atoms with Gasteiger partial charge in [-0.1, -0.05) is 12.1 Å². The lowest BCUT2D eigenvalue weighted by Gasteiger charge is -2.17. The van der Waals surface area contributed by atoms with Gasteiger partial charge in [-0.2, -0.15) is 0 Å². The molecule has 39 heavy (non-hydrogen) atoms. The van der Waals surface area contributed by atoms with E-state index in [1.807, 2.05) is 24.3 Å². The highest BCUT2D eigenvalue weighted by atomic mass is 19.2. The standard InChI is InChI=1S/C30H30F2N4O3/c1-19(22-6-7-25(31)26(32)15-22)36-12-3-4-23(30(36)38)29(37)34-16-20-5-8-27-24(14-20)28(9-11-33-27)39-18-21-10-13-35(2)17-21/h3-9,11-12,14-15,19,21H,10,13,16-18H2,1-2H3,(H,34,37)/t19?,21-/m0/s1. The SMILES string of the molecule is CC(c1ccc(F)c(F)c1)n1cccc(C(=O)NCc2ccc3nccc(OC[C@H]4CCN(C)C4)c3c2)c1=O. The summed E-state index contributed by atoms with van der Waals surface area (Å²) in [5, 5.41) is 3.68. The van der Waals surface area contributed by atoms with Crippen LogP contribution in [0.15, 0.2) is 71.8 Å². The number of nitrogens with one attached hydrogen (secondary N) is 1. The first-order chi connectivity index (χ1) is 18.8. The molecule has 9 heteroatoms. The maximum Gasteiger partial charge on any atom is 0.263 e. The number of carbonyl (C=O) groups excluding carboxylic acids is 1. The lowest BCUT2D eigenvalue weighted by Crippen LogP contribution is -2.33. The van der Waals surface area contributed by atoms with E-state index in [1.165, 1.54) is 22.9 Å². The fourth-order valence-corrected chi connectivity index (χ4v) is 4.97. The van der Waals surface area contributed by atoms with Crippen LogP contribution in [0.2, 0.25) is 0 Å². The van der Waals surface area contributed by atoms with Gasteiger partial charge in [0.15, 0.2) is 11.6 Å². The second kappa shape index (κ2) is 11.3. The first-order valence-corrected chi connectivity index (χ1v) is 12.9. The molecular formula is C30H30F2N4O3. The number of rotatable bonds is 8. The first-order valence-electron chi connectivity index (χ1n) is 12.9. The lowest BCUT2D eigenvalue weighted by atomic mass is 10.1. The van der Waals surface area contributed by atoms with Gasteiger partial charge in [-0.15, -0.1) is 0 Å². The molecule has 0 aliphatic carbocycles. The van der Waals surface area contributed by atoms with Crippen LogP contribution in [0.25, 0.3) is 10.9 Å². The van der Waals surface area contributed by atoms with Crippen LogP contribution in [0.5, 0.6) is 5.75 Å². The minimum Gasteiger partial charge on any atom is -0.492 e. The fraction of sp³-hybridized carbons (Fsp3) is 0.300. The van der Waals surface area contributed by atoms with Crippen molar-refractivity contribution in [3.05, 3.63) is 106 Å². The largest absolute Gasteiger partial charge is 0.492 e. The number of halogens is 2. The average molecular weight is 533 g/mol. The molecular weight excluding hydrogens is 502 g/mol. The molecule has 3 heterocycles. The normalized spacial score (nSPS) is 16.4. The molecule has 0 spiro atoms. The number of pyridine rings is 2. The van der Waals surface area contributed by atoms with Crippen LogP contribution in [0.1, 0.15) is 40.9 Å². The molecule has 1 aliphatic heterocycles. The fourth-order valence-electron chi connectivity index (χ4n) is 4.97. The van der Waals surface area contributed by atoms with Crippen molar-refractivity contribution >= 4 is 16.8 Å². The van der Waals surface area contributed by atoms with Crippen molar-refractivity contribution in [1.82, 2.24) is 19.8 Å². The zero-order valence-corrected chi connectivity index (χ0v) is 21.9. The van der Waals surface area contributed by atoms with Gasteiger partial charge in [0.05, 0.1) is 18.2 Å². The van der Waals surface area contributed by atoms with Crippen LogP contribution < -0.4 is 15.6 Å². The van der Waals surface area contributed by atoms with E-state index >= 15 is 0 Å². The minimum absolute atomic E-state index is 0.0417. The van der Waals surface area contributed by atoms with Gasteiger partial charge in [-0.25, -0.2) is 8.78 Å². The highest BCUT2D eigenvalue weighted by molar-refractivity contribution is 5.94. The van der Waals surface area contributed by atoms with E-state index in [9.17, 15) is 18.4 Å². The van der Waals surface area contributed by atoms with Gasteiger partial charge in [-0.3, -0.25) is 14.6 Å². The molecule has 2 atom stereocenters. The molecule has 2 aromatic heterocycles. The number of fused-ring (bicyclic) bond motifs is 1. The quantitative estimate of drug-likeness (QED) is 0.361. The Labute approximate surface area is 225 Å². The van der Waals surface area contributed by atoms with Crippen molar-refractivity contribution in [2.45, 2.75) is 25.9 Å². The van der Waals surface area contributed by atoms with Gasteiger partial charge < -0.3 is 19.5 Å². The van der Waals surface area contributed by atoms with Crippen molar-refractivity contribution in [3.63, 3.8) is 0 Å². The Morgan fingerprint density at radius 1 is 1.15 bits per heavy atom. The van der Waals surface area contributed by atoms with E-state index in [-0.39, 0.29) is 12.1 Å². The van der Waals surface area contributed by atoms with Gasteiger partial charge in [0, 0.05) is 36.8 Å². The highest BCUT2D eigenvalue weighted by Gasteiger charge is 2.21. The number of carbonyl (C=O) groups is 1. The Hall–Kier alpha value is -4.11. The molecule has 7 nitrogen and oxygen atoms in total. The van der Waals surface area contributed by atoms with Crippen LogP contribution in [-0.4, -0.2) is 47.1 Å². The third kappa shape index (κ3) is 5.83. The maximum atomic E-state index is 13.7. The number of benzene rings is 2. The summed E-state index contributed by atoms with van der Waals surface area (Å²) in [5.74, 6) is -1.25. The van der Waals surface area contributed by atoms with Crippen molar-refractivity contribution in [2.75, 3.05) is 26.7 Å². The number of amides is 1. The van der Waals surface area contributed by atoms with E-state index in [0.29, 0.717) is 18.1 Å². The smallest absolute Gasteiger partial charge is 0.263 e. The average Bonchev–Trinajstić information content (AvgIpc) is 3.36. The molecule has 1 N–H and O–H groups in total. The second-order valence-electron chi connectivity index (χ2n) is 10.1. The number of likely N-dealkylation sites (tertiary alicyclic amines) is 1. The van der Waals surface area contributed by atoms with Crippen molar-refractivity contribution in [3.8, 4) is 5.75 Å². The molecule has 1 aliphatic rings. The van der Waals surface area contributed by atoms with E-state index in [1.54, 1.807) is 19.2 Å². The molecule has 4 aromatic rings. The Balaban J connectivity index is 1.30. The van der Waals surface area contributed by atoms with Gasteiger partial charge in [0.1, 0.15) is 11.3 Å². The summed E-state index contributed by atoms with van der Waals surface area (Å²) in [6.07, 6.45) is 4.35. The topological polar surface area (TPSA) is 76.5 Å². The summed E-state index contributed by atoms with van der Waals surface area (Å²) in [6, 6.07) is 13.5. The number of hydrogen-bond donors (Lipinski definition) is 1. The summed E-state index contributed by atoms with van der Waals surface area (Å²) < 4.78 is 34.6.